The fraction of sp³-hybridized carbons (Fsp3) is 0.455. The molecule has 0 spiro atoms. The number of benzene rings is 2. The molecule has 4 rings (SSSR count). The normalized spacial score (nSPS) is 17.5. The first-order valence-electron chi connectivity index (χ1n) is 9.89. The molecular formula is C22H26ClFN2S. The van der Waals surface area contributed by atoms with Gasteiger partial charge in [-0.15, -0.1) is 11.8 Å². The first-order chi connectivity index (χ1) is 13.2. The van der Waals surface area contributed by atoms with Crippen LogP contribution in [0.25, 0.3) is 0 Å². The Balaban J connectivity index is 1.50. The minimum Gasteiger partial charge on any atom is -0.369 e. The second-order valence-electron chi connectivity index (χ2n) is 7.39. The van der Waals surface area contributed by atoms with Gasteiger partial charge in [0.25, 0.3) is 0 Å². The van der Waals surface area contributed by atoms with Crippen LogP contribution in [0.5, 0.6) is 0 Å². The van der Waals surface area contributed by atoms with Gasteiger partial charge in [0.15, 0.2) is 0 Å². The molecule has 1 saturated heterocycles. The van der Waals surface area contributed by atoms with Crippen LogP contribution in [0.1, 0.15) is 36.0 Å². The van der Waals surface area contributed by atoms with Gasteiger partial charge in [-0.2, -0.15) is 0 Å². The maximum Gasteiger partial charge on any atom is 0.146 e. The van der Waals surface area contributed by atoms with Crippen molar-refractivity contribution in [2.45, 2.75) is 42.8 Å². The van der Waals surface area contributed by atoms with Crippen LogP contribution < -0.4 is 10.2 Å². The lowest BCUT2D eigenvalue weighted by Crippen LogP contribution is -2.30. The molecule has 1 fully saturated rings. The largest absolute Gasteiger partial charge is 0.369 e. The van der Waals surface area contributed by atoms with Crippen LogP contribution in [0.3, 0.4) is 0 Å². The summed E-state index contributed by atoms with van der Waals surface area (Å²) < 4.78 is 14.7. The Kier molecular flexibility index (Phi) is 6.26. The Bertz CT molecular complexity index is 805. The number of nitrogens with zero attached hydrogens (tertiary/aromatic N) is 1. The van der Waals surface area contributed by atoms with Crippen molar-refractivity contribution in [1.82, 2.24) is 5.32 Å². The van der Waals surface area contributed by atoms with E-state index < -0.39 is 0 Å². The molecule has 2 aromatic carbocycles. The lowest BCUT2D eigenvalue weighted by atomic mass is 10.0. The molecule has 0 unspecified atom stereocenters. The van der Waals surface area contributed by atoms with E-state index in [-0.39, 0.29) is 5.82 Å². The molecule has 2 aromatic rings. The molecule has 2 aliphatic rings. The molecule has 27 heavy (non-hydrogen) atoms. The van der Waals surface area contributed by atoms with E-state index in [0.717, 1.165) is 73.9 Å². The molecule has 0 radical (unpaired) electrons. The van der Waals surface area contributed by atoms with Gasteiger partial charge in [-0.25, -0.2) is 4.39 Å². The summed E-state index contributed by atoms with van der Waals surface area (Å²) in [5.74, 6) is 0.637. The highest BCUT2D eigenvalue weighted by Gasteiger charge is 2.17. The van der Waals surface area contributed by atoms with Crippen LogP contribution in [0.15, 0.2) is 35.2 Å². The summed E-state index contributed by atoms with van der Waals surface area (Å²) >= 11 is 8.25. The molecule has 0 amide bonds. The standard InChI is InChI=1S/C22H26ClFN2S/c23-19-6-5-17-8-10-25-11-9-18(17)22(19)27-15-16-4-7-21(20(24)14-16)26-12-2-1-3-13-26/h4-7,14,25H,1-3,8-13,15H2. The summed E-state index contributed by atoms with van der Waals surface area (Å²) in [6.07, 6.45) is 5.61. The van der Waals surface area contributed by atoms with Crippen molar-refractivity contribution in [2.75, 3.05) is 31.1 Å². The van der Waals surface area contributed by atoms with E-state index in [1.807, 2.05) is 12.1 Å². The minimum absolute atomic E-state index is 0.0998. The average molecular weight is 405 g/mol. The smallest absolute Gasteiger partial charge is 0.146 e. The van der Waals surface area contributed by atoms with E-state index in [9.17, 15) is 4.39 Å². The number of hydrogen-bond donors (Lipinski definition) is 1. The Morgan fingerprint density at radius 3 is 2.67 bits per heavy atom. The molecule has 0 bridgehead atoms. The second-order valence-corrected chi connectivity index (χ2v) is 8.78. The Morgan fingerprint density at radius 2 is 1.85 bits per heavy atom. The summed E-state index contributed by atoms with van der Waals surface area (Å²) in [5, 5.41) is 4.26. The van der Waals surface area contributed by atoms with Gasteiger partial charge in [-0.05, 0) is 80.1 Å². The van der Waals surface area contributed by atoms with E-state index in [2.05, 4.69) is 22.3 Å². The van der Waals surface area contributed by atoms with Crippen LogP contribution >= 0.6 is 23.4 Å². The molecule has 0 atom stereocenters. The van der Waals surface area contributed by atoms with Crippen molar-refractivity contribution in [3.63, 3.8) is 0 Å². The third-order valence-corrected chi connectivity index (χ3v) is 7.18. The van der Waals surface area contributed by atoms with Crippen molar-refractivity contribution < 1.29 is 4.39 Å². The Labute approximate surface area is 170 Å². The van der Waals surface area contributed by atoms with Crippen LogP contribution in [-0.2, 0) is 18.6 Å². The first kappa shape index (κ1) is 19.1. The summed E-state index contributed by atoms with van der Waals surface area (Å²) in [7, 11) is 0. The third kappa shape index (κ3) is 4.44. The van der Waals surface area contributed by atoms with Crippen molar-refractivity contribution in [3.8, 4) is 0 Å². The fourth-order valence-corrected chi connectivity index (χ4v) is 5.50. The maximum absolute atomic E-state index is 14.7. The molecule has 0 aromatic heterocycles. The van der Waals surface area contributed by atoms with Crippen molar-refractivity contribution in [1.29, 1.82) is 0 Å². The molecule has 2 heterocycles. The van der Waals surface area contributed by atoms with E-state index in [4.69, 9.17) is 11.6 Å². The summed E-state index contributed by atoms with van der Waals surface area (Å²) in [4.78, 5) is 3.34. The third-order valence-electron chi connectivity index (χ3n) is 5.52. The monoisotopic (exact) mass is 404 g/mol. The summed E-state index contributed by atoms with van der Waals surface area (Å²) in [6.45, 7) is 3.93. The Morgan fingerprint density at radius 1 is 1.04 bits per heavy atom. The highest BCUT2D eigenvalue weighted by atomic mass is 35.5. The van der Waals surface area contributed by atoms with Gasteiger partial charge >= 0.3 is 0 Å². The summed E-state index contributed by atoms with van der Waals surface area (Å²) in [6, 6.07) is 9.88. The van der Waals surface area contributed by atoms with E-state index in [1.165, 1.54) is 22.4 Å². The lowest BCUT2D eigenvalue weighted by molar-refractivity contribution is 0.556. The van der Waals surface area contributed by atoms with Crippen LogP contribution in [0.2, 0.25) is 5.02 Å². The number of piperidine rings is 1. The number of fused-ring (bicyclic) bond motifs is 1. The number of hydrogen-bond acceptors (Lipinski definition) is 3. The molecule has 0 aliphatic carbocycles. The highest BCUT2D eigenvalue weighted by molar-refractivity contribution is 7.98. The molecule has 2 aliphatic heterocycles. The topological polar surface area (TPSA) is 15.3 Å². The first-order valence-corrected chi connectivity index (χ1v) is 11.3. The highest BCUT2D eigenvalue weighted by Crippen LogP contribution is 2.36. The quantitative estimate of drug-likeness (QED) is 0.682. The molecular weight excluding hydrogens is 379 g/mol. The fourth-order valence-electron chi connectivity index (χ4n) is 4.05. The van der Waals surface area contributed by atoms with Gasteiger partial charge in [0.1, 0.15) is 5.82 Å². The zero-order valence-electron chi connectivity index (χ0n) is 15.6. The summed E-state index contributed by atoms with van der Waals surface area (Å²) in [5.41, 5.74) is 4.52. The molecule has 2 nitrogen and oxygen atoms in total. The molecule has 144 valence electrons. The Hall–Kier alpha value is -1.23. The van der Waals surface area contributed by atoms with Crippen LogP contribution in [0, 0.1) is 5.82 Å². The zero-order valence-corrected chi connectivity index (χ0v) is 17.1. The van der Waals surface area contributed by atoms with Crippen LogP contribution in [0.4, 0.5) is 10.1 Å². The molecule has 5 heteroatoms. The maximum atomic E-state index is 14.7. The van der Waals surface area contributed by atoms with Crippen molar-refractivity contribution in [3.05, 3.63) is 57.9 Å². The number of nitrogens with one attached hydrogen (secondary N) is 1. The van der Waals surface area contributed by atoms with Crippen LogP contribution in [-0.4, -0.2) is 26.2 Å². The zero-order chi connectivity index (χ0) is 18.6. The average Bonchev–Trinajstić information content (AvgIpc) is 2.93. The van der Waals surface area contributed by atoms with E-state index in [1.54, 1.807) is 17.8 Å². The van der Waals surface area contributed by atoms with Gasteiger partial charge in [0, 0.05) is 23.7 Å². The van der Waals surface area contributed by atoms with Gasteiger partial charge in [0.2, 0.25) is 0 Å². The number of rotatable bonds is 4. The number of anilines is 1. The molecule has 1 N–H and O–H groups in total. The van der Waals surface area contributed by atoms with Crippen molar-refractivity contribution in [2.24, 2.45) is 0 Å². The SMILES string of the molecule is Fc1cc(CSc2c(Cl)ccc3c2CCNCC3)ccc1N1CCCCC1. The van der Waals surface area contributed by atoms with Gasteiger partial charge in [0.05, 0.1) is 10.7 Å². The predicted octanol–water partition coefficient (Wildman–Crippen LogP) is 5.45. The molecule has 0 saturated carbocycles. The van der Waals surface area contributed by atoms with E-state index in [0.29, 0.717) is 0 Å². The van der Waals surface area contributed by atoms with Crippen molar-refractivity contribution >= 4 is 29.1 Å². The minimum atomic E-state index is -0.0998. The number of thioether (sulfide) groups is 1. The number of halogens is 2. The lowest BCUT2D eigenvalue weighted by Gasteiger charge is -2.29. The van der Waals surface area contributed by atoms with Gasteiger partial charge in [-0.1, -0.05) is 23.7 Å². The van der Waals surface area contributed by atoms with Gasteiger partial charge in [-0.3, -0.25) is 0 Å². The van der Waals surface area contributed by atoms with Gasteiger partial charge < -0.3 is 10.2 Å². The predicted molar refractivity (Wildman–Crippen MR) is 114 cm³/mol. The van der Waals surface area contributed by atoms with E-state index >= 15 is 0 Å². The second kappa shape index (κ2) is 8.85.